The molecule has 0 fully saturated rings. The zero-order valence-electron chi connectivity index (χ0n) is 11.9. The van der Waals surface area contributed by atoms with E-state index in [1.165, 1.54) is 10.8 Å². The number of halogens is 3. The fourth-order valence-corrected chi connectivity index (χ4v) is 2.30. The summed E-state index contributed by atoms with van der Waals surface area (Å²) >= 11 is 0. The zero-order chi connectivity index (χ0) is 16.7. The topological polar surface area (TPSA) is 78.3 Å². The normalized spacial score (nSPS) is 12.1. The molecule has 0 saturated heterocycles. The van der Waals surface area contributed by atoms with Gasteiger partial charge >= 0.3 is 6.18 Å². The van der Waals surface area contributed by atoms with Crippen LogP contribution in [-0.4, -0.2) is 37.8 Å². The molecule has 1 aromatic carbocycles. The number of benzene rings is 1. The standard InChI is InChI=1S/C14H8F3N5O2/c15-14(16,17)7-23-13-9-4-2-1-3-8(9)11-18-19-12(22(11)20-13)10-5-6-24-21-10/h1-6H,7H2. The summed E-state index contributed by atoms with van der Waals surface area (Å²) in [6.45, 7) is -1.45. The molecule has 0 saturated carbocycles. The Morgan fingerprint density at radius 2 is 1.88 bits per heavy atom. The largest absolute Gasteiger partial charge is 0.467 e. The number of aromatic nitrogens is 5. The molecule has 0 unspecified atom stereocenters. The first kappa shape index (κ1) is 14.4. The Hall–Kier alpha value is -3.17. The van der Waals surface area contributed by atoms with Gasteiger partial charge < -0.3 is 9.26 Å². The number of alkyl halides is 3. The van der Waals surface area contributed by atoms with Crippen molar-refractivity contribution in [3.8, 4) is 17.4 Å². The number of nitrogens with zero attached hydrogens (tertiary/aromatic N) is 5. The Balaban J connectivity index is 1.94. The average Bonchev–Trinajstić information content (AvgIpc) is 3.20. The molecule has 7 nitrogen and oxygen atoms in total. The monoisotopic (exact) mass is 335 g/mol. The van der Waals surface area contributed by atoms with Crippen LogP contribution in [0.25, 0.3) is 27.9 Å². The van der Waals surface area contributed by atoms with E-state index in [0.29, 0.717) is 22.1 Å². The van der Waals surface area contributed by atoms with Gasteiger partial charge in [0.25, 0.3) is 0 Å². The predicted octanol–water partition coefficient (Wildman–Crippen LogP) is 2.87. The number of ether oxygens (including phenoxy) is 1. The van der Waals surface area contributed by atoms with Crippen LogP contribution in [0.5, 0.6) is 5.88 Å². The molecular weight excluding hydrogens is 327 g/mol. The van der Waals surface area contributed by atoms with E-state index in [1.54, 1.807) is 30.3 Å². The van der Waals surface area contributed by atoms with Crippen molar-refractivity contribution >= 4 is 16.4 Å². The van der Waals surface area contributed by atoms with Crippen molar-refractivity contribution in [1.29, 1.82) is 0 Å². The predicted molar refractivity (Wildman–Crippen MR) is 75.3 cm³/mol. The molecule has 0 bridgehead atoms. The second-order valence-electron chi connectivity index (χ2n) is 4.90. The Morgan fingerprint density at radius 3 is 2.58 bits per heavy atom. The fourth-order valence-electron chi connectivity index (χ4n) is 2.30. The zero-order valence-corrected chi connectivity index (χ0v) is 11.9. The lowest BCUT2D eigenvalue weighted by Gasteiger charge is -2.11. The maximum Gasteiger partial charge on any atom is 0.422 e. The number of fused-ring (bicyclic) bond motifs is 3. The first-order valence-electron chi connectivity index (χ1n) is 6.77. The van der Waals surface area contributed by atoms with E-state index >= 15 is 0 Å². The molecule has 0 amide bonds. The highest BCUT2D eigenvalue weighted by Gasteiger charge is 2.29. The molecule has 24 heavy (non-hydrogen) atoms. The first-order chi connectivity index (χ1) is 11.5. The number of hydrogen-bond donors (Lipinski definition) is 0. The van der Waals surface area contributed by atoms with E-state index in [0.717, 1.165) is 0 Å². The number of rotatable bonds is 3. The second-order valence-corrected chi connectivity index (χ2v) is 4.90. The third kappa shape index (κ3) is 2.41. The molecule has 0 aliphatic rings. The van der Waals surface area contributed by atoms with Crippen LogP contribution in [0.3, 0.4) is 0 Å². The minimum Gasteiger partial charge on any atom is -0.467 e. The van der Waals surface area contributed by atoms with Crippen molar-refractivity contribution in [3.05, 3.63) is 36.6 Å². The van der Waals surface area contributed by atoms with Crippen molar-refractivity contribution in [2.45, 2.75) is 6.18 Å². The van der Waals surface area contributed by atoms with Crippen LogP contribution >= 0.6 is 0 Å². The molecular formula is C14H8F3N5O2. The van der Waals surface area contributed by atoms with Crippen molar-refractivity contribution in [3.63, 3.8) is 0 Å². The molecule has 3 heterocycles. The molecule has 0 atom stereocenters. The molecule has 0 radical (unpaired) electrons. The Labute approximate surface area is 131 Å². The summed E-state index contributed by atoms with van der Waals surface area (Å²) in [6, 6.07) is 8.27. The second kappa shape index (κ2) is 5.18. The smallest absolute Gasteiger partial charge is 0.422 e. The van der Waals surface area contributed by atoms with Crippen molar-refractivity contribution < 1.29 is 22.4 Å². The van der Waals surface area contributed by atoms with Gasteiger partial charge in [0, 0.05) is 16.8 Å². The van der Waals surface area contributed by atoms with Crippen molar-refractivity contribution in [2.75, 3.05) is 6.61 Å². The highest BCUT2D eigenvalue weighted by molar-refractivity contribution is 5.96. The molecule has 0 aliphatic heterocycles. The van der Waals surface area contributed by atoms with E-state index in [-0.39, 0.29) is 11.7 Å². The Kier molecular flexibility index (Phi) is 3.12. The molecule has 122 valence electrons. The van der Waals surface area contributed by atoms with Gasteiger partial charge in [0.05, 0.1) is 0 Å². The van der Waals surface area contributed by atoms with Gasteiger partial charge in [-0.3, -0.25) is 0 Å². The van der Waals surface area contributed by atoms with Gasteiger partial charge in [-0.1, -0.05) is 23.4 Å². The average molecular weight is 335 g/mol. The minimum absolute atomic E-state index is 0.167. The summed E-state index contributed by atoms with van der Waals surface area (Å²) < 4.78 is 48.4. The summed E-state index contributed by atoms with van der Waals surface area (Å²) in [6.07, 6.45) is -3.13. The molecule has 4 rings (SSSR count). The Morgan fingerprint density at radius 1 is 1.08 bits per heavy atom. The lowest BCUT2D eigenvalue weighted by Crippen LogP contribution is -2.20. The molecule has 10 heteroatoms. The van der Waals surface area contributed by atoms with Crippen LogP contribution in [0.2, 0.25) is 0 Å². The highest BCUT2D eigenvalue weighted by Crippen LogP contribution is 2.29. The fraction of sp³-hybridized carbons (Fsp3) is 0.143. The van der Waals surface area contributed by atoms with Gasteiger partial charge in [-0.05, 0) is 6.07 Å². The summed E-state index contributed by atoms with van der Waals surface area (Å²) in [7, 11) is 0. The summed E-state index contributed by atoms with van der Waals surface area (Å²) in [4.78, 5) is 0. The van der Waals surface area contributed by atoms with Crippen molar-refractivity contribution in [1.82, 2.24) is 25.0 Å². The van der Waals surface area contributed by atoms with Gasteiger partial charge in [-0.15, -0.1) is 15.3 Å². The van der Waals surface area contributed by atoms with Gasteiger partial charge in [-0.25, -0.2) is 0 Å². The van der Waals surface area contributed by atoms with Gasteiger partial charge in [0.15, 0.2) is 17.9 Å². The van der Waals surface area contributed by atoms with Crippen LogP contribution < -0.4 is 4.74 Å². The van der Waals surface area contributed by atoms with Crippen LogP contribution in [0.15, 0.2) is 41.1 Å². The first-order valence-corrected chi connectivity index (χ1v) is 6.77. The van der Waals surface area contributed by atoms with Crippen LogP contribution in [-0.2, 0) is 0 Å². The van der Waals surface area contributed by atoms with E-state index < -0.39 is 12.8 Å². The summed E-state index contributed by atoms with van der Waals surface area (Å²) in [5.74, 6) is 0.0707. The maximum absolute atomic E-state index is 12.5. The lowest BCUT2D eigenvalue weighted by molar-refractivity contribution is -0.153. The summed E-state index contributed by atoms with van der Waals surface area (Å²) in [5.41, 5.74) is 0.731. The van der Waals surface area contributed by atoms with Gasteiger partial charge in [0.1, 0.15) is 6.26 Å². The molecule has 0 N–H and O–H groups in total. The van der Waals surface area contributed by atoms with E-state index in [2.05, 4.69) is 20.5 Å². The third-order valence-corrected chi connectivity index (χ3v) is 3.27. The van der Waals surface area contributed by atoms with E-state index in [9.17, 15) is 13.2 Å². The SMILES string of the molecule is FC(F)(F)COc1nn2c(-c3ccon3)nnc2c2ccccc12. The molecule has 4 aromatic rings. The van der Waals surface area contributed by atoms with Crippen LogP contribution in [0.4, 0.5) is 13.2 Å². The highest BCUT2D eigenvalue weighted by atomic mass is 19.4. The van der Waals surface area contributed by atoms with Crippen molar-refractivity contribution in [2.24, 2.45) is 0 Å². The maximum atomic E-state index is 12.5. The quantitative estimate of drug-likeness (QED) is 0.573. The summed E-state index contributed by atoms with van der Waals surface area (Å²) in [5, 5.41) is 16.9. The third-order valence-electron chi connectivity index (χ3n) is 3.27. The number of hydrogen-bond acceptors (Lipinski definition) is 6. The molecule has 0 spiro atoms. The van der Waals surface area contributed by atoms with E-state index in [4.69, 9.17) is 9.26 Å². The van der Waals surface area contributed by atoms with Crippen LogP contribution in [0.1, 0.15) is 0 Å². The molecule has 0 aliphatic carbocycles. The Bertz CT molecular complexity index is 1010. The van der Waals surface area contributed by atoms with Crippen LogP contribution in [0, 0.1) is 0 Å². The molecule has 3 aromatic heterocycles. The lowest BCUT2D eigenvalue weighted by atomic mass is 10.2. The van der Waals surface area contributed by atoms with Gasteiger partial charge in [0.2, 0.25) is 11.7 Å². The van der Waals surface area contributed by atoms with Gasteiger partial charge in [-0.2, -0.15) is 17.7 Å². The van der Waals surface area contributed by atoms with E-state index in [1.807, 2.05) is 0 Å². The minimum atomic E-state index is -4.47.